The Kier molecular flexibility index (Phi) is 9.77. The highest BCUT2D eigenvalue weighted by molar-refractivity contribution is 14.1. The molecule has 0 aliphatic carbocycles. The summed E-state index contributed by atoms with van der Waals surface area (Å²) in [7, 11) is 0. The Morgan fingerprint density at radius 1 is 1.22 bits per heavy atom. The summed E-state index contributed by atoms with van der Waals surface area (Å²) in [5, 5.41) is 3.30. The summed E-state index contributed by atoms with van der Waals surface area (Å²) in [6.45, 7) is 1.37. The highest BCUT2D eigenvalue weighted by Gasteiger charge is 2.37. The number of para-hydroxylation sites is 1. The number of halogens is 7. The van der Waals surface area contributed by atoms with Crippen LogP contribution in [-0.4, -0.2) is 46.6 Å². The van der Waals surface area contributed by atoms with Crippen LogP contribution in [-0.2, 0) is 4.79 Å². The number of hydrogen-bond donors (Lipinski definition) is 1. The maximum Gasteiger partial charge on any atom is 0.573 e. The van der Waals surface area contributed by atoms with Crippen molar-refractivity contribution in [1.82, 2.24) is 10.3 Å². The molecule has 1 fully saturated rings. The van der Waals surface area contributed by atoms with E-state index in [1.54, 1.807) is 53.8 Å². The molecule has 1 saturated heterocycles. The zero-order chi connectivity index (χ0) is 29.9. The number of anilines is 1. The molecule has 0 bridgehead atoms. The maximum absolute atomic E-state index is 14.3. The van der Waals surface area contributed by atoms with Crippen molar-refractivity contribution in [2.75, 3.05) is 24.5 Å². The Morgan fingerprint density at radius 3 is 2.63 bits per heavy atom. The summed E-state index contributed by atoms with van der Waals surface area (Å²) in [5.41, 5.74) is 1.26. The van der Waals surface area contributed by atoms with Crippen LogP contribution < -0.4 is 15.0 Å². The maximum atomic E-state index is 14.3. The predicted octanol–water partition coefficient (Wildman–Crippen LogP) is 7.70. The number of nitrogens with one attached hydrogen (secondary N) is 1. The van der Waals surface area contributed by atoms with Crippen LogP contribution in [0, 0.1) is 6.92 Å². The van der Waals surface area contributed by atoms with Crippen molar-refractivity contribution in [1.29, 1.82) is 0 Å². The second-order valence-electron chi connectivity index (χ2n) is 9.86. The van der Waals surface area contributed by atoms with E-state index in [2.05, 4.69) is 31.0 Å². The molecule has 1 aliphatic heterocycles. The molecule has 0 spiro atoms. The van der Waals surface area contributed by atoms with Crippen LogP contribution in [0.1, 0.15) is 53.1 Å². The highest BCUT2D eigenvalue weighted by Crippen LogP contribution is 2.36. The number of rotatable bonds is 9. The number of carbonyl (C=O) groups is 2. The van der Waals surface area contributed by atoms with E-state index in [1.165, 1.54) is 23.1 Å². The Bertz CT molecular complexity index is 1450. The average molecular weight is 754 g/mol. The molecular weight excluding hydrogens is 728 g/mol. The Morgan fingerprint density at radius 2 is 1.95 bits per heavy atom. The van der Waals surface area contributed by atoms with Gasteiger partial charge in [-0.05, 0) is 72.2 Å². The zero-order valence-corrected chi connectivity index (χ0v) is 25.6. The Balaban J connectivity index is 1.69. The second kappa shape index (κ2) is 12.8. The van der Waals surface area contributed by atoms with Crippen molar-refractivity contribution >= 4 is 64.9 Å². The van der Waals surface area contributed by atoms with E-state index in [0.717, 1.165) is 0 Å². The molecule has 220 valence electrons. The summed E-state index contributed by atoms with van der Waals surface area (Å²) in [4.78, 5) is 31.6. The van der Waals surface area contributed by atoms with Gasteiger partial charge in [-0.15, -0.1) is 13.2 Å². The van der Waals surface area contributed by atoms with Gasteiger partial charge in [0.15, 0.2) is 3.79 Å². The normalized spacial score (nSPS) is 16.0. The lowest BCUT2D eigenvalue weighted by molar-refractivity contribution is -0.275. The van der Waals surface area contributed by atoms with Gasteiger partial charge in [0.1, 0.15) is 11.6 Å². The summed E-state index contributed by atoms with van der Waals surface area (Å²) in [6, 6.07) is 10.7. The van der Waals surface area contributed by atoms with Gasteiger partial charge in [-0.1, -0.05) is 34.1 Å². The van der Waals surface area contributed by atoms with Gasteiger partial charge in [-0.2, -0.15) is 0 Å². The van der Waals surface area contributed by atoms with Crippen molar-refractivity contribution < 1.29 is 36.3 Å². The number of ether oxygens (including phenoxy) is 1. The smallest absolute Gasteiger partial charge is 0.405 e. The molecule has 41 heavy (non-hydrogen) atoms. The number of carbonyl (C=O) groups excluding carboxylic acids is 2. The first-order valence-corrected chi connectivity index (χ1v) is 14.6. The van der Waals surface area contributed by atoms with E-state index >= 15 is 0 Å². The van der Waals surface area contributed by atoms with Crippen molar-refractivity contribution in [3.8, 4) is 5.75 Å². The standard InChI is InChI=1S/C28H26BrF5IN3O3/c1-16-24(20-13-18(29)8-9-21(20)37-25(16)38-12-4-11-27(30,31)15-38)26(40)36-14-17(7-10-23(35)39)19-5-2-3-6-22(19)41-28(32,33)34/h2-3,5-6,8-9,13,17H,4,7,10-12,14-15H2,1H3,(H,36,40). The molecule has 1 aliphatic rings. The van der Waals surface area contributed by atoms with E-state index in [1.807, 2.05) is 0 Å². The Hall–Kier alpha value is -2.55. The number of alkyl halides is 5. The molecule has 2 heterocycles. The predicted molar refractivity (Wildman–Crippen MR) is 157 cm³/mol. The lowest BCUT2D eigenvalue weighted by atomic mass is 9.93. The van der Waals surface area contributed by atoms with Crippen molar-refractivity contribution in [2.24, 2.45) is 0 Å². The zero-order valence-electron chi connectivity index (χ0n) is 21.8. The molecule has 1 unspecified atom stereocenters. The van der Waals surface area contributed by atoms with Gasteiger partial charge in [0.05, 0.1) is 17.6 Å². The van der Waals surface area contributed by atoms with Gasteiger partial charge in [-0.25, -0.2) is 13.8 Å². The van der Waals surface area contributed by atoms with Crippen LogP contribution in [0.5, 0.6) is 5.75 Å². The molecule has 1 aromatic heterocycles. The van der Waals surface area contributed by atoms with E-state index in [0.29, 0.717) is 27.5 Å². The van der Waals surface area contributed by atoms with Crippen LogP contribution in [0.25, 0.3) is 10.9 Å². The molecule has 1 N–H and O–H groups in total. The molecule has 2 aromatic carbocycles. The molecule has 6 nitrogen and oxygen atoms in total. The third kappa shape index (κ3) is 8.05. The average Bonchev–Trinajstić information content (AvgIpc) is 2.87. The third-order valence-corrected chi connectivity index (χ3v) is 7.90. The lowest BCUT2D eigenvalue weighted by Gasteiger charge is -2.34. The van der Waals surface area contributed by atoms with Gasteiger partial charge >= 0.3 is 6.36 Å². The van der Waals surface area contributed by atoms with Gasteiger partial charge in [0.2, 0.25) is 0 Å². The first kappa shape index (κ1) is 31.4. The van der Waals surface area contributed by atoms with E-state index < -0.39 is 36.4 Å². The minimum Gasteiger partial charge on any atom is -0.405 e. The fourth-order valence-corrected chi connectivity index (χ4v) is 5.73. The van der Waals surface area contributed by atoms with Crippen LogP contribution in [0.3, 0.4) is 0 Å². The quantitative estimate of drug-likeness (QED) is 0.138. The number of benzene rings is 2. The van der Waals surface area contributed by atoms with Crippen molar-refractivity contribution in [2.45, 2.75) is 50.8 Å². The Labute approximate surface area is 255 Å². The largest absolute Gasteiger partial charge is 0.573 e. The molecule has 3 aromatic rings. The fraction of sp³-hybridized carbons (Fsp3) is 0.393. The molecule has 0 saturated carbocycles. The topological polar surface area (TPSA) is 71.5 Å². The number of piperidine rings is 1. The van der Waals surface area contributed by atoms with Gasteiger partial charge in [-0.3, -0.25) is 9.59 Å². The minimum absolute atomic E-state index is 0.0684. The molecule has 13 heteroatoms. The minimum atomic E-state index is -4.93. The monoisotopic (exact) mass is 753 g/mol. The number of aromatic nitrogens is 1. The number of hydrogen-bond acceptors (Lipinski definition) is 5. The summed E-state index contributed by atoms with van der Waals surface area (Å²) < 4.78 is 72.5. The third-order valence-electron chi connectivity index (χ3n) is 6.87. The molecular formula is C28H26BrF5IN3O3. The molecule has 4 rings (SSSR count). The highest BCUT2D eigenvalue weighted by atomic mass is 127. The van der Waals surface area contributed by atoms with Crippen LogP contribution >= 0.6 is 38.5 Å². The molecule has 1 atom stereocenters. The first-order chi connectivity index (χ1) is 19.2. The van der Waals surface area contributed by atoms with Crippen LogP contribution in [0.2, 0.25) is 0 Å². The van der Waals surface area contributed by atoms with E-state index in [4.69, 9.17) is 0 Å². The SMILES string of the molecule is Cc1c(N2CCCC(F)(F)C2)nc2ccc(Br)cc2c1C(=O)NCC(CCC(=O)I)c1ccccc1OC(F)(F)F. The fourth-order valence-electron chi connectivity index (χ4n) is 5.06. The van der Waals surface area contributed by atoms with Gasteiger partial charge in [0.25, 0.3) is 11.8 Å². The van der Waals surface area contributed by atoms with Crippen molar-refractivity contribution in [3.05, 3.63) is 63.6 Å². The van der Waals surface area contributed by atoms with Gasteiger partial charge in [0, 0.05) is 47.3 Å². The number of nitrogens with zero attached hydrogens (tertiary/aromatic N) is 2. The first-order valence-electron chi connectivity index (χ1n) is 12.8. The molecule has 0 radical (unpaired) electrons. The van der Waals surface area contributed by atoms with Gasteiger partial charge < -0.3 is 15.0 Å². The molecule has 1 amide bonds. The number of pyridine rings is 1. The van der Waals surface area contributed by atoms with E-state index in [9.17, 15) is 31.5 Å². The van der Waals surface area contributed by atoms with Crippen molar-refractivity contribution in [3.63, 3.8) is 0 Å². The second-order valence-corrected chi connectivity index (χ2v) is 12.0. The summed E-state index contributed by atoms with van der Waals surface area (Å²) in [5.74, 6) is -4.25. The summed E-state index contributed by atoms with van der Waals surface area (Å²) in [6.07, 6.45) is -4.65. The number of fused-ring (bicyclic) bond motifs is 1. The van der Waals surface area contributed by atoms with E-state index in [-0.39, 0.29) is 53.0 Å². The van der Waals surface area contributed by atoms with Crippen LogP contribution in [0.4, 0.5) is 27.8 Å². The van der Waals surface area contributed by atoms with Crippen LogP contribution in [0.15, 0.2) is 46.9 Å². The summed E-state index contributed by atoms with van der Waals surface area (Å²) >= 11 is 5.02. The number of amides is 1. The lowest BCUT2D eigenvalue weighted by Crippen LogP contribution is -2.43.